The zero-order valence-corrected chi connectivity index (χ0v) is 17.4. The monoisotopic (exact) mass is 468 g/mol. The van der Waals surface area contributed by atoms with Gasteiger partial charge in [0, 0.05) is 11.6 Å². The van der Waals surface area contributed by atoms with Crippen LogP contribution in [0.15, 0.2) is 71.6 Å². The lowest BCUT2D eigenvalue weighted by Gasteiger charge is -2.22. The second-order valence-electron chi connectivity index (χ2n) is 6.49. The lowest BCUT2D eigenvalue weighted by molar-refractivity contribution is -0.116. The Labute approximate surface area is 182 Å². The first-order valence-electron chi connectivity index (χ1n) is 8.91. The molecule has 1 amide bonds. The van der Waals surface area contributed by atoms with Crippen molar-refractivity contribution in [2.75, 3.05) is 11.9 Å². The number of halogens is 4. The molecular formula is C21H16ClF3N2O3S. The molecule has 0 fully saturated rings. The minimum absolute atomic E-state index is 0.136. The minimum atomic E-state index is -4.17. The summed E-state index contributed by atoms with van der Waals surface area (Å²) in [7, 11) is -4.17. The van der Waals surface area contributed by atoms with Crippen molar-refractivity contribution in [1.29, 1.82) is 0 Å². The smallest absolute Gasteiger partial charge is 0.243 e. The van der Waals surface area contributed by atoms with Crippen LogP contribution in [0.1, 0.15) is 5.56 Å². The van der Waals surface area contributed by atoms with Crippen LogP contribution in [0, 0.1) is 17.5 Å². The molecule has 3 aromatic carbocycles. The number of benzene rings is 3. The number of rotatable bonds is 7. The molecule has 3 rings (SSSR count). The van der Waals surface area contributed by atoms with E-state index in [0.29, 0.717) is 11.6 Å². The van der Waals surface area contributed by atoms with Crippen molar-refractivity contribution >= 4 is 33.2 Å². The fraction of sp³-hybridized carbons (Fsp3) is 0.0952. The summed E-state index contributed by atoms with van der Waals surface area (Å²) in [6.45, 7) is -0.869. The molecule has 162 valence electrons. The number of sulfonamides is 1. The average molecular weight is 469 g/mol. The molecule has 0 bridgehead atoms. The van der Waals surface area contributed by atoms with Gasteiger partial charge in [0.15, 0.2) is 17.5 Å². The molecule has 1 N–H and O–H groups in total. The number of amides is 1. The van der Waals surface area contributed by atoms with E-state index < -0.39 is 45.6 Å². The molecule has 0 saturated carbocycles. The van der Waals surface area contributed by atoms with E-state index >= 15 is 0 Å². The quantitative estimate of drug-likeness (QED) is 0.516. The second-order valence-corrected chi connectivity index (χ2v) is 8.86. The van der Waals surface area contributed by atoms with Gasteiger partial charge >= 0.3 is 0 Å². The van der Waals surface area contributed by atoms with Crippen molar-refractivity contribution in [1.82, 2.24) is 4.31 Å². The van der Waals surface area contributed by atoms with Crippen molar-refractivity contribution < 1.29 is 26.4 Å². The molecule has 0 radical (unpaired) electrons. The zero-order valence-electron chi connectivity index (χ0n) is 15.9. The summed E-state index contributed by atoms with van der Waals surface area (Å²) in [6.07, 6.45) is 0. The molecule has 0 saturated heterocycles. The van der Waals surface area contributed by atoms with E-state index in [-0.39, 0.29) is 16.5 Å². The van der Waals surface area contributed by atoms with Crippen LogP contribution in [0.4, 0.5) is 18.9 Å². The van der Waals surface area contributed by atoms with E-state index in [9.17, 15) is 26.4 Å². The van der Waals surface area contributed by atoms with E-state index in [2.05, 4.69) is 5.32 Å². The largest absolute Gasteiger partial charge is 0.322 e. The van der Waals surface area contributed by atoms with Gasteiger partial charge in [0.1, 0.15) is 0 Å². The highest BCUT2D eigenvalue weighted by molar-refractivity contribution is 7.89. The second kappa shape index (κ2) is 9.51. The van der Waals surface area contributed by atoms with Gasteiger partial charge in [0.05, 0.1) is 17.1 Å². The maximum absolute atomic E-state index is 13.9. The molecule has 3 aromatic rings. The highest BCUT2D eigenvalue weighted by Gasteiger charge is 2.28. The van der Waals surface area contributed by atoms with E-state index in [4.69, 9.17) is 11.6 Å². The van der Waals surface area contributed by atoms with Crippen LogP contribution in [0.3, 0.4) is 0 Å². The first kappa shape index (κ1) is 22.8. The Morgan fingerprint density at radius 1 is 0.935 bits per heavy atom. The molecule has 0 aliphatic heterocycles. The van der Waals surface area contributed by atoms with Gasteiger partial charge in [-0.3, -0.25) is 4.79 Å². The van der Waals surface area contributed by atoms with Gasteiger partial charge in [-0.05, 0) is 35.9 Å². The van der Waals surface area contributed by atoms with Crippen LogP contribution in [0.25, 0.3) is 0 Å². The minimum Gasteiger partial charge on any atom is -0.322 e. The number of nitrogens with zero attached hydrogens (tertiary/aromatic N) is 1. The van der Waals surface area contributed by atoms with Crippen molar-refractivity contribution in [2.45, 2.75) is 11.4 Å². The average Bonchev–Trinajstić information content (AvgIpc) is 2.74. The summed E-state index contributed by atoms with van der Waals surface area (Å²) < 4.78 is 67.6. The maximum atomic E-state index is 13.9. The first-order valence-corrected chi connectivity index (χ1v) is 10.7. The van der Waals surface area contributed by atoms with Crippen molar-refractivity contribution in [3.05, 3.63) is 94.8 Å². The third kappa shape index (κ3) is 5.43. The Balaban J connectivity index is 1.89. The molecule has 0 aromatic heterocycles. The summed E-state index contributed by atoms with van der Waals surface area (Å²) in [4.78, 5) is 12.3. The van der Waals surface area contributed by atoms with Gasteiger partial charge in [-0.15, -0.1) is 0 Å². The fourth-order valence-corrected chi connectivity index (χ4v) is 4.45. The van der Waals surface area contributed by atoms with Crippen LogP contribution in [-0.2, 0) is 21.4 Å². The lowest BCUT2D eigenvalue weighted by Crippen LogP contribution is -2.37. The Morgan fingerprint density at radius 2 is 1.65 bits per heavy atom. The Morgan fingerprint density at radius 3 is 2.32 bits per heavy atom. The number of carbonyl (C=O) groups excluding carboxylic acids is 1. The summed E-state index contributed by atoms with van der Waals surface area (Å²) >= 11 is 5.90. The van der Waals surface area contributed by atoms with Crippen molar-refractivity contribution in [3.8, 4) is 0 Å². The molecular weight excluding hydrogens is 453 g/mol. The SMILES string of the molecule is O=C(CN(Cc1ccccc1)S(=O)(=O)c1cccc(Cl)c1)Nc1ccc(F)c(F)c1F. The maximum Gasteiger partial charge on any atom is 0.243 e. The molecule has 0 heterocycles. The number of carbonyl (C=O) groups is 1. The predicted octanol–water partition coefficient (Wildman–Crippen LogP) is 4.59. The van der Waals surface area contributed by atoms with E-state index in [0.717, 1.165) is 10.4 Å². The standard InChI is InChI=1S/C21H16ClF3N2O3S/c22-15-7-4-8-16(11-15)31(29,30)27(12-14-5-2-1-3-6-14)13-19(28)26-18-10-9-17(23)20(24)21(18)25/h1-11H,12-13H2,(H,26,28). The van der Waals surface area contributed by atoms with Crippen molar-refractivity contribution in [2.24, 2.45) is 0 Å². The van der Waals surface area contributed by atoms with E-state index in [1.807, 2.05) is 0 Å². The van der Waals surface area contributed by atoms with Crippen LogP contribution in [0.2, 0.25) is 5.02 Å². The third-order valence-electron chi connectivity index (χ3n) is 4.26. The molecule has 31 heavy (non-hydrogen) atoms. The van der Waals surface area contributed by atoms with Gasteiger partial charge in [-0.25, -0.2) is 21.6 Å². The Kier molecular flexibility index (Phi) is 6.99. The molecule has 0 unspecified atom stereocenters. The highest BCUT2D eigenvalue weighted by atomic mass is 35.5. The molecule has 5 nitrogen and oxygen atoms in total. The third-order valence-corrected chi connectivity index (χ3v) is 6.29. The predicted molar refractivity (Wildman–Crippen MR) is 110 cm³/mol. The summed E-state index contributed by atoms with van der Waals surface area (Å²) in [6, 6.07) is 15.5. The zero-order chi connectivity index (χ0) is 22.6. The lowest BCUT2D eigenvalue weighted by atomic mass is 10.2. The van der Waals surface area contributed by atoms with Crippen molar-refractivity contribution in [3.63, 3.8) is 0 Å². The van der Waals surface area contributed by atoms with Gasteiger partial charge in [0.2, 0.25) is 15.9 Å². The topological polar surface area (TPSA) is 66.5 Å². The number of anilines is 1. The molecule has 0 aliphatic rings. The Bertz CT molecular complexity index is 1210. The normalized spacial score (nSPS) is 11.5. The number of nitrogens with one attached hydrogen (secondary N) is 1. The summed E-state index contributed by atoms with van der Waals surface area (Å²) in [5.74, 6) is -5.68. The van der Waals surface area contributed by atoms with E-state index in [1.54, 1.807) is 30.3 Å². The van der Waals surface area contributed by atoms with Crippen LogP contribution in [-0.4, -0.2) is 25.2 Å². The highest BCUT2D eigenvalue weighted by Crippen LogP contribution is 2.23. The van der Waals surface area contributed by atoms with Gasteiger partial charge in [0.25, 0.3) is 0 Å². The number of hydrogen-bond acceptors (Lipinski definition) is 3. The van der Waals surface area contributed by atoms with Crippen LogP contribution < -0.4 is 5.32 Å². The molecule has 0 spiro atoms. The first-order chi connectivity index (χ1) is 14.7. The Hall–Kier alpha value is -2.88. The molecule has 0 aliphatic carbocycles. The molecule has 10 heteroatoms. The van der Waals surface area contributed by atoms with E-state index in [1.165, 1.54) is 24.3 Å². The van der Waals surface area contributed by atoms with Crippen LogP contribution in [0.5, 0.6) is 0 Å². The van der Waals surface area contributed by atoms with Gasteiger partial charge in [-0.2, -0.15) is 4.31 Å². The van der Waals surface area contributed by atoms with Crippen LogP contribution >= 0.6 is 11.6 Å². The summed E-state index contributed by atoms with van der Waals surface area (Å²) in [5, 5.41) is 2.27. The van der Waals surface area contributed by atoms with Gasteiger partial charge in [-0.1, -0.05) is 48.0 Å². The van der Waals surface area contributed by atoms with Gasteiger partial charge < -0.3 is 5.32 Å². The summed E-state index contributed by atoms with van der Waals surface area (Å²) in [5.41, 5.74) is -0.0105. The molecule has 0 atom stereocenters. The fourth-order valence-electron chi connectivity index (χ4n) is 2.76. The number of hydrogen-bond donors (Lipinski definition) is 1.